The number of amides is 1. The Morgan fingerprint density at radius 1 is 1.41 bits per heavy atom. The average molecular weight is 260 g/mol. The molecular formula is C11H13KN2O3. The Hall–Kier alpha value is -0.244. The largest absolute Gasteiger partial charge is 1.00 e. The van der Waals surface area contributed by atoms with E-state index in [2.05, 4.69) is 11.4 Å². The summed E-state index contributed by atoms with van der Waals surface area (Å²) in [6.45, 7) is 0. The summed E-state index contributed by atoms with van der Waals surface area (Å²) in [5, 5.41) is 11.2. The van der Waals surface area contributed by atoms with Gasteiger partial charge in [0, 0.05) is 6.42 Å². The fourth-order valence-electron chi connectivity index (χ4n) is 1.10. The molecule has 0 aliphatic heterocycles. The summed E-state index contributed by atoms with van der Waals surface area (Å²) >= 11 is 0. The van der Waals surface area contributed by atoms with Crippen LogP contribution >= 0.6 is 0 Å². The second kappa shape index (κ2) is 8.79. The van der Waals surface area contributed by atoms with Crippen molar-refractivity contribution >= 4 is 17.6 Å². The Kier molecular flexibility index (Phi) is 8.66. The van der Waals surface area contributed by atoms with Crippen molar-refractivity contribution in [3.63, 3.8) is 0 Å². The number of carboxylic acid groups (broad SMARTS) is 1. The van der Waals surface area contributed by atoms with Crippen molar-refractivity contribution in [1.29, 1.82) is 0 Å². The molecule has 1 amide bonds. The van der Waals surface area contributed by atoms with Crippen molar-refractivity contribution in [2.45, 2.75) is 18.9 Å². The number of nitrogens with two attached hydrogens (primary N) is 1. The first-order valence-electron chi connectivity index (χ1n) is 4.84. The molecule has 0 fully saturated rings. The van der Waals surface area contributed by atoms with Gasteiger partial charge in [-0.3, -0.25) is 9.59 Å². The van der Waals surface area contributed by atoms with Crippen molar-refractivity contribution < 1.29 is 66.1 Å². The SMILES string of the molecule is NC(CCC(=O)Nc1cc[c-]cc1)C(=O)O.[K+]. The molecule has 0 heterocycles. The molecule has 86 valence electrons. The van der Waals surface area contributed by atoms with Crippen LogP contribution in [0.5, 0.6) is 0 Å². The number of hydrogen-bond acceptors (Lipinski definition) is 3. The molecule has 1 rings (SSSR count). The van der Waals surface area contributed by atoms with Crippen molar-refractivity contribution in [2.24, 2.45) is 5.73 Å². The van der Waals surface area contributed by atoms with Gasteiger partial charge in [0.2, 0.25) is 5.91 Å². The molecule has 1 unspecified atom stereocenters. The van der Waals surface area contributed by atoms with E-state index in [1.807, 2.05) is 0 Å². The van der Waals surface area contributed by atoms with Crippen molar-refractivity contribution in [3.05, 3.63) is 30.3 Å². The number of anilines is 1. The van der Waals surface area contributed by atoms with Crippen LogP contribution in [0.4, 0.5) is 5.69 Å². The number of rotatable bonds is 5. The zero-order valence-electron chi connectivity index (χ0n) is 9.64. The maximum atomic E-state index is 11.4. The van der Waals surface area contributed by atoms with Gasteiger partial charge in [0.1, 0.15) is 6.04 Å². The summed E-state index contributed by atoms with van der Waals surface area (Å²) in [6, 6.07) is 8.60. The molecule has 1 aromatic carbocycles. The molecule has 0 aliphatic carbocycles. The summed E-state index contributed by atoms with van der Waals surface area (Å²) in [4.78, 5) is 21.8. The topological polar surface area (TPSA) is 92.4 Å². The van der Waals surface area contributed by atoms with Gasteiger partial charge in [-0.2, -0.15) is 18.2 Å². The van der Waals surface area contributed by atoms with E-state index in [0.717, 1.165) is 0 Å². The molecule has 0 saturated heterocycles. The normalized spacial score (nSPS) is 11.1. The second-order valence-corrected chi connectivity index (χ2v) is 3.32. The first-order chi connectivity index (χ1) is 7.59. The molecular weight excluding hydrogens is 247 g/mol. The van der Waals surface area contributed by atoms with E-state index in [-0.39, 0.29) is 70.1 Å². The van der Waals surface area contributed by atoms with Crippen molar-refractivity contribution in [2.75, 3.05) is 5.32 Å². The third-order valence-electron chi connectivity index (χ3n) is 2.00. The van der Waals surface area contributed by atoms with Gasteiger partial charge in [-0.05, 0) is 6.42 Å². The van der Waals surface area contributed by atoms with E-state index in [0.29, 0.717) is 5.69 Å². The summed E-state index contributed by atoms with van der Waals surface area (Å²) < 4.78 is 0. The van der Waals surface area contributed by atoms with Gasteiger partial charge >= 0.3 is 57.4 Å². The first-order valence-corrected chi connectivity index (χ1v) is 4.84. The number of carboxylic acids is 1. The van der Waals surface area contributed by atoms with E-state index in [1.165, 1.54) is 0 Å². The van der Waals surface area contributed by atoms with Crippen LogP contribution in [0.2, 0.25) is 0 Å². The van der Waals surface area contributed by atoms with Crippen LogP contribution in [0, 0.1) is 6.07 Å². The van der Waals surface area contributed by atoms with Gasteiger partial charge in [0.05, 0.1) is 0 Å². The van der Waals surface area contributed by atoms with E-state index in [9.17, 15) is 9.59 Å². The number of aliphatic carboxylic acids is 1. The maximum absolute atomic E-state index is 11.4. The quantitative estimate of drug-likeness (QED) is 0.407. The van der Waals surface area contributed by atoms with Crippen LogP contribution in [0.3, 0.4) is 0 Å². The predicted molar refractivity (Wildman–Crippen MR) is 58.8 cm³/mol. The minimum atomic E-state index is -1.10. The van der Waals surface area contributed by atoms with E-state index in [1.54, 1.807) is 24.3 Å². The molecule has 0 saturated carbocycles. The maximum Gasteiger partial charge on any atom is 1.00 e. The van der Waals surface area contributed by atoms with Crippen LogP contribution in [0.1, 0.15) is 12.8 Å². The molecule has 0 radical (unpaired) electrons. The van der Waals surface area contributed by atoms with E-state index >= 15 is 0 Å². The number of hydrogen-bond donors (Lipinski definition) is 3. The number of carbonyl (C=O) groups is 2. The molecule has 4 N–H and O–H groups in total. The standard InChI is InChI=1S/C11H13N2O3.K/c12-9(11(15)16)6-7-10(14)13-8-4-2-1-3-5-8;/h2-5,9H,6-7,12H2,(H,13,14)(H,15,16);/q-1;+1. The molecule has 1 aromatic rings. The Balaban J connectivity index is 0.00000256. The summed E-state index contributed by atoms with van der Waals surface area (Å²) in [6.07, 6.45) is 0.214. The zero-order chi connectivity index (χ0) is 12.0. The number of nitrogens with one attached hydrogen (secondary N) is 1. The molecule has 0 aliphatic rings. The third-order valence-corrected chi connectivity index (χ3v) is 2.00. The average Bonchev–Trinajstić information content (AvgIpc) is 2.27. The van der Waals surface area contributed by atoms with Crippen LogP contribution in [0.15, 0.2) is 24.3 Å². The predicted octanol–water partition coefficient (Wildman–Crippen LogP) is -2.38. The van der Waals surface area contributed by atoms with Gasteiger partial charge < -0.3 is 16.2 Å². The molecule has 0 spiro atoms. The minimum absolute atomic E-state index is 0. The third kappa shape index (κ3) is 6.92. The van der Waals surface area contributed by atoms with Crippen LogP contribution < -0.4 is 62.4 Å². The van der Waals surface area contributed by atoms with Gasteiger partial charge in [0.15, 0.2) is 0 Å². The Bertz CT molecular complexity index is 370. The summed E-state index contributed by atoms with van der Waals surface area (Å²) in [7, 11) is 0. The van der Waals surface area contributed by atoms with Crippen molar-refractivity contribution in [1.82, 2.24) is 0 Å². The summed E-state index contributed by atoms with van der Waals surface area (Å²) in [5.74, 6) is -1.34. The first kappa shape index (κ1) is 16.8. The van der Waals surface area contributed by atoms with Gasteiger partial charge in [0.25, 0.3) is 0 Å². The monoisotopic (exact) mass is 260 g/mol. The van der Waals surface area contributed by atoms with Crippen LogP contribution in [0.25, 0.3) is 0 Å². The number of carbonyl (C=O) groups excluding carboxylic acids is 1. The summed E-state index contributed by atoms with van der Waals surface area (Å²) in [5.41, 5.74) is 5.93. The fraction of sp³-hybridized carbons (Fsp3) is 0.273. The van der Waals surface area contributed by atoms with E-state index in [4.69, 9.17) is 10.8 Å². The Morgan fingerprint density at radius 3 is 2.53 bits per heavy atom. The molecule has 6 heteroatoms. The molecule has 17 heavy (non-hydrogen) atoms. The molecule has 1 atom stereocenters. The molecule has 0 bridgehead atoms. The number of benzene rings is 1. The molecule has 0 aromatic heterocycles. The van der Waals surface area contributed by atoms with Gasteiger partial charge in [-0.1, -0.05) is 5.69 Å². The van der Waals surface area contributed by atoms with Gasteiger partial charge in [-0.25, -0.2) is 0 Å². The Labute approximate surface area is 142 Å². The Morgan fingerprint density at radius 2 is 2.00 bits per heavy atom. The van der Waals surface area contributed by atoms with Gasteiger partial charge in [-0.15, -0.1) is 12.1 Å². The van der Waals surface area contributed by atoms with Crippen LogP contribution in [-0.2, 0) is 9.59 Å². The smallest absolute Gasteiger partial charge is 0.480 e. The fourth-order valence-corrected chi connectivity index (χ4v) is 1.10. The van der Waals surface area contributed by atoms with E-state index < -0.39 is 12.0 Å². The van der Waals surface area contributed by atoms with Crippen molar-refractivity contribution in [3.8, 4) is 0 Å². The zero-order valence-corrected chi connectivity index (χ0v) is 12.8. The van der Waals surface area contributed by atoms with Crippen LogP contribution in [-0.4, -0.2) is 23.0 Å². The minimum Gasteiger partial charge on any atom is -0.480 e. The second-order valence-electron chi connectivity index (χ2n) is 3.32. The molecule has 5 nitrogen and oxygen atoms in total.